The van der Waals surface area contributed by atoms with Gasteiger partial charge in [-0.15, -0.1) is 0 Å². The quantitative estimate of drug-likeness (QED) is 0.917. The second-order valence-electron chi connectivity index (χ2n) is 7.79. The van der Waals surface area contributed by atoms with Crippen LogP contribution in [0.25, 0.3) is 0 Å². The van der Waals surface area contributed by atoms with Crippen molar-refractivity contribution in [1.82, 2.24) is 4.90 Å². The fourth-order valence-electron chi connectivity index (χ4n) is 3.99. The predicted molar refractivity (Wildman–Crippen MR) is 87.2 cm³/mol. The molecule has 1 aliphatic rings. The van der Waals surface area contributed by atoms with Crippen molar-refractivity contribution in [2.24, 2.45) is 17.3 Å². The highest BCUT2D eigenvalue weighted by molar-refractivity contribution is 5.88. The summed E-state index contributed by atoms with van der Waals surface area (Å²) in [5.41, 5.74) is 0.351. The normalized spacial score (nSPS) is 23.5. The molecule has 5 heteroatoms. The first kappa shape index (κ1) is 17.6. The topological polar surface area (TPSA) is 70.8 Å². The Morgan fingerprint density at radius 3 is 2.57 bits per heavy atom. The van der Waals surface area contributed by atoms with Crippen molar-refractivity contribution in [2.75, 3.05) is 7.05 Å². The van der Waals surface area contributed by atoms with Crippen LogP contribution in [0.4, 0.5) is 0 Å². The van der Waals surface area contributed by atoms with Crippen molar-refractivity contribution in [1.29, 1.82) is 0 Å². The average molecular weight is 321 g/mol. The van der Waals surface area contributed by atoms with Gasteiger partial charge in [-0.2, -0.15) is 0 Å². The zero-order chi connectivity index (χ0) is 17.4. The van der Waals surface area contributed by atoms with Crippen LogP contribution in [0, 0.1) is 24.2 Å². The molecule has 1 heterocycles. The monoisotopic (exact) mass is 321 g/mol. The summed E-state index contributed by atoms with van der Waals surface area (Å²) in [6.07, 6.45) is 2.97. The highest BCUT2D eigenvalue weighted by Gasteiger charge is 2.36. The predicted octanol–water partition coefficient (Wildman–Crippen LogP) is 3.71. The molecule has 2 atom stereocenters. The van der Waals surface area contributed by atoms with Gasteiger partial charge < -0.3 is 14.4 Å². The summed E-state index contributed by atoms with van der Waals surface area (Å²) in [5, 5.41) is 9.07. The number of furan rings is 1. The molecule has 0 aliphatic heterocycles. The number of hydrogen-bond donors (Lipinski definition) is 1. The first-order chi connectivity index (χ1) is 10.6. The van der Waals surface area contributed by atoms with Crippen molar-refractivity contribution in [3.8, 4) is 0 Å². The molecule has 1 N–H and O–H groups in total. The maximum absolute atomic E-state index is 12.7. The van der Waals surface area contributed by atoms with Crippen LogP contribution in [0.3, 0.4) is 0 Å². The summed E-state index contributed by atoms with van der Waals surface area (Å²) in [5.74, 6) is 0.587. The summed E-state index contributed by atoms with van der Waals surface area (Å²) in [6.45, 7) is 8.57. The van der Waals surface area contributed by atoms with Gasteiger partial charge in [-0.1, -0.05) is 20.8 Å². The van der Waals surface area contributed by atoms with Gasteiger partial charge in [0.1, 0.15) is 17.1 Å². The Balaban J connectivity index is 2.05. The minimum absolute atomic E-state index is 0.0359. The number of carbonyl (C=O) groups excluding carboxylic acids is 1. The number of aromatic carboxylic acids is 1. The molecule has 1 aromatic heterocycles. The minimum atomic E-state index is -1.01. The Morgan fingerprint density at radius 1 is 1.39 bits per heavy atom. The Labute approximate surface area is 137 Å². The van der Waals surface area contributed by atoms with Crippen molar-refractivity contribution in [2.45, 2.75) is 53.5 Å². The molecule has 1 amide bonds. The Morgan fingerprint density at radius 2 is 2.04 bits per heavy atom. The fourth-order valence-corrected chi connectivity index (χ4v) is 3.99. The van der Waals surface area contributed by atoms with Gasteiger partial charge in [-0.05, 0) is 43.6 Å². The van der Waals surface area contributed by atoms with E-state index in [2.05, 4.69) is 20.8 Å². The van der Waals surface area contributed by atoms with Gasteiger partial charge in [-0.25, -0.2) is 4.79 Å². The third-order valence-electron chi connectivity index (χ3n) is 4.70. The lowest BCUT2D eigenvalue weighted by Crippen LogP contribution is -2.39. The van der Waals surface area contributed by atoms with E-state index in [9.17, 15) is 9.59 Å². The Kier molecular flexibility index (Phi) is 4.87. The van der Waals surface area contributed by atoms with Gasteiger partial charge in [-0.3, -0.25) is 4.79 Å². The van der Waals surface area contributed by atoms with Gasteiger partial charge >= 0.3 is 5.97 Å². The first-order valence-electron chi connectivity index (χ1n) is 8.16. The lowest BCUT2D eigenvalue weighted by atomic mass is 9.68. The summed E-state index contributed by atoms with van der Waals surface area (Å²) in [4.78, 5) is 25.5. The molecule has 1 saturated carbocycles. The maximum atomic E-state index is 12.7. The van der Waals surface area contributed by atoms with Crippen LogP contribution in [0.2, 0.25) is 0 Å². The van der Waals surface area contributed by atoms with E-state index in [1.165, 1.54) is 6.07 Å². The van der Waals surface area contributed by atoms with E-state index >= 15 is 0 Å². The standard InChI is InChI=1S/C18H27NO4/c1-11-6-13(9-18(3,4)8-11)16(20)19(5)10-14-7-15(17(21)22)12(2)23-14/h7,11,13H,6,8-10H2,1-5H3,(H,21,22). The van der Waals surface area contributed by atoms with Crippen LogP contribution in [-0.2, 0) is 11.3 Å². The molecule has 128 valence electrons. The van der Waals surface area contributed by atoms with Crippen molar-refractivity contribution < 1.29 is 19.1 Å². The van der Waals surface area contributed by atoms with Crippen LogP contribution in [-0.4, -0.2) is 28.9 Å². The molecule has 0 bridgehead atoms. The molecule has 0 radical (unpaired) electrons. The molecular weight excluding hydrogens is 294 g/mol. The van der Waals surface area contributed by atoms with E-state index in [1.54, 1.807) is 18.9 Å². The van der Waals surface area contributed by atoms with Gasteiger partial charge in [0.15, 0.2) is 0 Å². The number of carbonyl (C=O) groups is 2. The van der Waals surface area contributed by atoms with Crippen LogP contribution >= 0.6 is 0 Å². The second-order valence-corrected chi connectivity index (χ2v) is 7.79. The maximum Gasteiger partial charge on any atom is 0.339 e. The van der Waals surface area contributed by atoms with E-state index in [0.29, 0.717) is 24.0 Å². The van der Waals surface area contributed by atoms with Gasteiger partial charge in [0.25, 0.3) is 0 Å². The zero-order valence-corrected chi connectivity index (χ0v) is 14.7. The van der Waals surface area contributed by atoms with Crippen molar-refractivity contribution >= 4 is 11.9 Å². The number of nitrogens with zero attached hydrogens (tertiary/aromatic N) is 1. The molecule has 1 aliphatic carbocycles. The van der Waals surface area contributed by atoms with Crippen LogP contribution in [0.15, 0.2) is 10.5 Å². The number of hydrogen-bond acceptors (Lipinski definition) is 3. The van der Waals surface area contributed by atoms with Gasteiger partial charge in [0.05, 0.1) is 6.54 Å². The largest absolute Gasteiger partial charge is 0.478 e. The van der Waals surface area contributed by atoms with Crippen LogP contribution in [0.5, 0.6) is 0 Å². The Bertz CT molecular complexity index is 602. The first-order valence-corrected chi connectivity index (χ1v) is 8.16. The third-order valence-corrected chi connectivity index (χ3v) is 4.70. The van der Waals surface area contributed by atoms with E-state index in [-0.39, 0.29) is 22.8 Å². The third kappa shape index (κ3) is 4.15. The van der Waals surface area contributed by atoms with E-state index in [0.717, 1.165) is 19.3 Å². The number of amides is 1. The van der Waals surface area contributed by atoms with Crippen molar-refractivity contribution in [3.63, 3.8) is 0 Å². The smallest absolute Gasteiger partial charge is 0.339 e. The molecule has 2 unspecified atom stereocenters. The molecule has 23 heavy (non-hydrogen) atoms. The number of rotatable bonds is 4. The summed E-state index contributed by atoms with van der Waals surface area (Å²) < 4.78 is 5.47. The lowest BCUT2D eigenvalue weighted by Gasteiger charge is -2.39. The molecule has 5 nitrogen and oxygen atoms in total. The van der Waals surface area contributed by atoms with E-state index in [1.807, 2.05) is 0 Å². The lowest BCUT2D eigenvalue weighted by molar-refractivity contribution is -0.138. The SMILES string of the molecule is Cc1oc(CN(C)C(=O)C2CC(C)CC(C)(C)C2)cc1C(=O)O. The van der Waals surface area contributed by atoms with E-state index < -0.39 is 5.97 Å². The summed E-state index contributed by atoms with van der Waals surface area (Å²) in [7, 11) is 1.76. The number of aryl methyl sites for hydroxylation is 1. The highest BCUT2D eigenvalue weighted by atomic mass is 16.4. The summed E-state index contributed by atoms with van der Waals surface area (Å²) >= 11 is 0. The van der Waals surface area contributed by atoms with Gasteiger partial charge in [0, 0.05) is 13.0 Å². The van der Waals surface area contributed by atoms with Crippen LogP contribution in [0.1, 0.15) is 61.9 Å². The fraction of sp³-hybridized carbons (Fsp3) is 0.667. The average Bonchev–Trinajstić information content (AvgIpc) is 2.76. The number of carboxylic acid groups (broad SMARTS) is 1. The second kappa shape index (κ2) is 6.38. The van der Waals surface area contributed by atoms with Crippen LogP contribution < -0.4 is 0 Å². The molecule has 0 saturated heterocycles. The van der Waals surface area contributed by atoms with E-state index in [4.69, 9.17) is 9.52 Å². The molecular formula is C18H27NO4. The molecule has 1 aromatic rings. The molecule has 1 fully saturated rings. The zero-order valence-electron chi connectivity index (χ0n) is 14.7. The van der Waals surface area contributed by atoms with Gasteiger partial charge in [0.2, 0.25) is 5.91 Å². The minimum Gasteiger partial charge on any atom is -0.478 e. The molecule has 2 rings (SSSR count). The number of carboxylic acids is 1. The Hall–Kier alpha value is -1.78. The highest BCUT2D eigenvalue weighted by Crippen LogP contribution is 2.42. The summed E-state index contributed by atoms with van der Waals surface area (Å²) in [6, 6.07) is 1.51. The molecule has 0 spiro atoms. The molecule has 0 aromatic carbocycles. The van der Waals surface area contributed by atoms with Crippen molar-refractivity contribution in [3.05, 3.63) is 23.2 Å².